The van der Waals surface area contributed by atoms with Crippen LogP contribution in [0.2, 0.25) is 39.3 Å². The van der Waals surface area contributed by atoms with Gasteiger partial charge in [-0.3, -0.25) is 0 Å². The fourth-order valence-electron chi connectivity index (χ4n) is 1.40. The predicted octanol–water partition coefficient (Wildman–Crippen LogP) is 4.58. The summed E-state index contributed by atoms with van der Waals surface area (Å²) in [6.45, 7) is 13.3. The smallest absolute Gasteiger partial charge is 0.330 e. The number of hydrogen-bond donors (Lipinski definition) is 1. The average Bonchev–Trinajstić information content (AvgIpc) is 2.64. The molecular weight excluding hydrogens is 404 g/mol. The molecule has 3 nitrogen and oxygen atoms in total. The lowest BCUT2D eigenvalue weighted by molar-refractivity contribution is -0.134. The summed E-state index contributed by atoms with van der Waals surface area (Å²) in [5, 5.41) is 8.46. The quantitative estimate of drug-likeness (QED) is 0.164. The molecule has 0 aromatic carbocycles. The van der Waals surface area contributed by atoms with Gasteiger partial charge in [-0.15, -0.1) is 11.1 Å². The molecule has 0 radical (unpaired) electrons. The number of ether oxygens (including phenoxy) is 1. The molecule has 0 aromatic heterocycles. The molecule has 0 saturated carbocycles. The summed E-state index contributed by atoms with van der Waals surface area (Å²) >= 11 is 0. The second-order valence-electron chi connectivity index (χ2n) is 8.26. The van der Waals surface area contributed by atoms with E-state index in [1.165, 1.54) is 13.2 Å². The first kappa shape index (κ1) is 29.8. The number of aliphatic hydroxyl groups is 1. The van der Waals surface area contributed by atoms with Crippen molar-refractivity contribution in [2.24, 2.45) is 0 Å². The number of esters is 1. The molecule has 0 unspecified atom stereocenters. The summed E-state index contributed by atoms with van der Waals surface area (Å²) < 4.78 is 4.45. The van der Waals surface area contributed by atoms with E-state index < -0.39 is 16.1 Å². The highest BCUT2D eigenvalue weighted by molar-refractivity contribution is 6.84. The van der Waals surface area contributed by atoms with Crippen molar-refractivity contribution in [3.05, 3.63) is 24.3 Å². The number of unbranched alkanes of at least 4 members (excludes halogenated alkanes) is 2. The largest absolute Gasteiger partial charge is 0.466 e. The fraction of sp³-hybridized carbons (Fsp3) is 0.480. The Kier molecular flexibility index (Phi) is 18.5. The van der Waals surface area contributed by atoms with E-state index in [2.05, 4.69) is 90.6 Å². The Balaban J connectivity index is 0. The highest BCUT2D eigenvalue weighted by atomic mass is 28.3. The second kappa shape index (κ2) is 18.6. The molecule has 0 heterocycles. The SMILES string of the molecule is COC(=O)/C=C/CCC#CC#C[Si](C)(C)C.C[Si](C)(C)C#CC#CCC/C=C/CO. The summed E-state index contributed by atoms with van der Waals surface area (Å²) in [5.74, 6) is 17.0. The Morgan fingerprint density at radius 1 is 0.800 bits per heavy atom. The number of rotatable bonds is 6. The Hall–Kier alpha value is -2.42. The Labute approximate surface area is 186 Å². The molecule has 30 heavy (non-hydrogen) atoms. The average molecular weight is 441 g/mol. The third-order valence-corrected chi connectivity index (χ3v) is 4.53. The minimum absolute atomic E-state index is 0.114. The van der Waals surface area contributed by atoms with E-state index in [9.17, 15) is 4.79 Å². The molecule has 1 N–H and O–H groups in total. The summed E-state index contributed by atoms with van der Waals surface area (Å²) in [5.41, 5.74) is 6.34. The molecule has 162 valence electrons. The molecule has 0 aromatic rings. The van der Waals surface area contributed by atoms with Crippen molar-refractivity contribution in [2.75, 3.05) is 13.7 Å². The van der Waals surface area contributed by atoms with Crippen molar-refractivity contribution in [1.29, 1.82) is 0 Å². The van der Waals surface area contributed by atoms with E-state index in [-0.39, 0.29) is 12.6 Å². The number of carbonyl (C=O) groups excluding carboxylic acids is 1. The van der Waals surface area contributed by atoms with Gasteiger partial charge in [-0.2, -0.15) is 0 Å². The van der Waals surface area contributed by atoms with Gasteiger partial charge >= 0.3 is 5.97 Å². The van der Waals surface area contributed by atoms with Gasteiger partial charge in [-0.05, 0) is 36.5 Å². The molecule has 5 heteroatoms. The minimum Gasteiger partial charge on any atom is -0.466 e. The molecule has 0 bridgehead atoms. The maximum Gasteiger partial charge on any atom is 0.330 e. The van der Waals surface area contributed by atoms with Crippen molar-refractivity contribution >= 4 is 22.1 Å². The fourth-order valence-corrected chi connectivity index (χ4v) is 2.28. The first-order valence-corrected chi connectivity index (χ1v) is 17.0. The number of hydrogen-bond acceptors (Lipinski definition) is 3. The van der Waals surface area contributed by atoms with Crippen LogP contribution in [0.25, 0.3) is 0 Å². The molecule has 0 atom stereocenters. The van der Waals surface area contributed by atoms with Gasteiger partial charge in [0.25, 0.3) is 0 Å². The van der Waals surface area contributed by atoms with Crippen molar-refractivity contribution in [1.82, 2.24) is 0 Å². The first-order valence-electron chi connectivity index (χ1n) is 10.0. The van der Waals surface area contributed by atoms with Crippen LogP contribution in [0.5, 0.6) is 0 Å². The van der Waals surface area contributed by atoms with Gasteiger partial charge < -0.3 is 9.84 Å². The lowest BCUT2D eigenvalue weighted by atomic mass is 10.3. The predicted molar refractivity (Wildman–Crippen MR) is 134 cm³/mol. The number of methoxy groups -OCH3 is 1. The number of carbonyl (C=O) groups is 1. The molecule has 0 rings (SSSR count). The third-order valence-electron chi connectivity index (χ3n) is 2.78. The first-order chi connectivity index (χ1) is 14.0. The van der Waals surface area contributed by atoms with Gasteiger partial charge in [-0.1, -0.05) is 69.4 Å². The lowest BCUT2D eigenvalue weighted by Crippen LogP contribution is -2.16. The Bertz CT molecular complexity index is 794. The van der Waals surface area contributed by atoms with Gasteiger partial charge in [0.2, 0.25) is 0 Å². The van der Waals surface area contributed by atoms with Crippen molar-refractivity contribution in [2.45, 2.75) is 65.0 Å². The minimum atomic E-state index is -1.29. The molecule has 0 aliphatic rings. The van der Waals surface area contributed by atoms with Crippen LogP contribution in [-0.4, -0.2) is 40.9 Å². The second-order valence-corrected chi connectivity index (χ2v) is 17.8. The van der Waals surface area contributed by atoms with Crippen LogP contribution in [0.15, 0.2) is 24.3 Å². The van der Waals surface area contributed by atoms with Crippen LogP contribution in [0.1, 0.15) is 25.7 Å². The number of allylic oxidation sites excluding steroid dienone is 2. The maximum atomic E-state index is 10.7. The standard InChI is InChI=1S/C13H18O2Si.C12H18OSi/c1-15-13(14)11-9-7-5-6-8-10-12-16(2,3)4;1-14(2,3)12-10-8-6-4-5-7-9-11-13/h9,11H,5,7H2,1-4H3;7,9,13H,4-5,11H2,1-3H3/b11-9+;9-7+. The van der Waals surface area contributed by atoms with Crippen LogP contribution < -0.4 is 0 Å². The summed E-state index contributed by atoms with van der Waals surface area (Å²) in [6, 6.07) is 0. The summed E-state index contributed by atoms with van der Waals surface area (Å²) in [7, 11) is -1.18. The van der Waals surface area contributed by atoms with Gasteiger partial charge in [-0.25, -0.2) is 4.79 Å². The molecule has 0 fully saturated rings. The molecule has 0 aliphatic carbocycles. The highest BCUT2D eigenvalue weighted by Gasteiger charge is 2.07. The van der Waals surface area contributed by atoms with E-state index in [1.54, 1.807) is 12.2 Å². The Morgan fingerprint density at radius 3 is 1.67 bits per heavy atom. The van der Waals surface area contributed by atoms with Gasteiger partial charge in [0, 0.05) is 18.9 Å². The summed E-state index contributed by atoms with van der Waals surface area (Å²) in [4.78, 5) is 10.7. The number of aliphatic hydroxyl groups excluding tert-OH is 1. The topological polar surface area (TPSA) is 46.5 Å². The molecule has 0 aliphatic heterocycles. The summed E-state index contributed by atoms with van der Waals surface area (Å²) in [6.07, 6.45) is 10.0. The normalized spacial score (nSPS) is 10.1. The Morgan fingerprint density at radius 2 is 1.27 bits per heavy atom. The monoisotopic (exact) mass is 440 g/mol. The zero-order valence-electron chi connectivity index (χ0n) is 19.6. The van der Waals surface area contributed by atoms with Crippen molar-refractivity contribution < 1.29 is 14.6 Å². The molecule has 0 amide bonds. The molecule has 0 spiro atoms. The zero-order valence-corrected chi connectivity index (χ0v) is 21.6. The highest BCUT2D eigenvalue weighted by Crippen LogP contribution is 1.96. The molecular formula is C25H36O3Si2. The van der Waals surface area contributed by atoms with E-state index in [0.29, 0.717) is 6.42 Å². The van der Waals surface area contributed by atoms with Crippen molar-refractivity contribution in [3.63, 3.8) is 0 Å². The third kappa shape index (κ3) is 30.3. The van der Waals surface area contributed by atoms with Crippen LogP contribution in [0.4, 0.5) is 0 Å². The van der Waals surface area contributed by atoms with E-state index in [0.717, 1.165) is 19.3 Å². The van der Waals surface area contributed by atoms with Gasteiger partial charge in [0.1, 0.15) is 16.1 Å². The zero-order chi connectivity index (χ0) is 23.3. The van der Waals surface area contributed by atoms with Crippen LogP contribution in [-0.2, 0) is 9.53 Å². The van der Waals surface area contributed by atoms with Crippen LogP contribution in [0, 0.1) is 46.6 Å². The lowest BCUT2D eigenvalue weighted by Gasteiger charge is -2.01. The van der Waals surface area contributed by atoms with Crippen LogP contribution in [0.3, 0.4) is 0 Å². The van der Waals surface area contributed by atoms with Crippen LogP contribution >= 0.6 is 0 Å². The van der Waals surface area contributed by atoms with E-state index >= 15 is 0 Å². The van der Waals surface area contributed by atoms with Gasteiger partial charge in [0.15, 0.2) is 0 Å². The molecule has 0 saturated heterocycles. The van der Waals surface area contributed by atoms with E-state index in [4.69, 9.17) is 5.11 Å². The van der Waals surface area contributed by atoms with Crippen molar-refractivity contribution in [3.8, 4) is 46.6 Å². The van der Waals surface area contributed by atoms with Gasteiger partial charge in [0.05, 0.1) is 13.7 Å². The maximum absolute atomic E-state index is 10.7. The van der Waals surface area contributed by atoms with E-state index in [1.807, 2.05) is 6.08 Å².